The lowest BCUT2D eigenvalue weighted by Gasteiger charge is -2.27. The van der Waals surface area contributed by atoms with Crippen LogP contribution in [0, 0.1) is 11.3 Å². The molecule has 0 saturated carbocycles. The first kappa shape index (κ1) is 14.5. The fourth-order valence-corrected chi connectivity index (χ4v) is 2.07. The predicted octanol–water partition coefficient (Wildman–Crippen LogP) is 5.36. The van der Waals surface area contributed by atoms with Crippen LogP contribution in [0.3, 0.4) is 0 Å². The molecule has 0 heteroatoms. The summed E-state index contributed by atoms with van der Waals surface area (Å²) in [7, 11) is 0. The Morgan fingerprint density at radius 3 is 2.13 bits per heavy atom. The van der Waals surface area contributed by atoms with E-state index >= 15 is 0 Å². The van der Waals surface area contributed by atoms with Gasteiger partial charge >= 0.3 is 0 Å². The van der Waals surface area contributed by atoms with E-state index in [0.717, 1.165) is 12.3 Å². The van der Waals surface area contributed by atoms with Gasteiger partial charge in [0, 0.05) is 5.41 Å². The van der Waals surface area contributed by atoms with E-state index in [1.54, 1.807) is 0 Å². The summed E-state index contributed by atoms with van der Waals surface area (Å²) in [5, 5.41) is 0. The second-order valence-electron chi connectivity index (χ2n) is 4.94. The molecule has 0 rings (SSSR count). The molecule has 0 aromatic carbocycles. The highest BCUT2D eigenvalue weighted by Gasteiger charge is 2.21. The van der Waals surface area contributed by atoms with Crippen LogP contribution in [-0.2, 0) is 0 Å². The highest BCUT2D eigenvalue weighted by atomic mass is 14.3. The Morgan fingerprint density at radius 1 is 1.27 bits per heavy atom. The van der Waals surface area contributed by atoms with Crippen LogP contribution in [0.1, 0.15) is 60.3 Å². The SMILES string of the molecule is C=CC(C)(C=C(C)CC)CC(CC)CC. The maximum absolute atomic E-state index is 4.00. The summed E-state index contributed by atoms with van der Waals surface area (Å²) in [6.07, 6.45) is 9.45. The van der Waals surface area contributed by atoms with E-state index in [-0.39, 0.29) is 5.41 Å². The summed E-state index contributed by atoms with van der Waals surface area (Å²) in [5.74, 6) is 0.828. The molecule has 0 saturated heterocycles. The zero-order chi connectivity index (χ0) is 11.9. The van der Waals surface area contributed by atoms with Crippen LogP contribution < -0.4 is 0 Å². The fourth-order valence-electron chi connectivity index (χ4n) is 2.07. The smallest absolute Gasteiger partial charge is 0.00352 e. The van der Waals surface area contributed by atoms with Crippen LogP contribution in [0.5, 0.6) is 0 Å². The van der Waals surface area contributed by atoms with E-state index in [4.69, 9.17) is 0 Å². The molecule has 0 aliphatic rings. The number of rotatable bonds is 7. The zero-order valence-electron chi connectivity index (χ0n) is 11.3. The number of allylic oxidation sites excluding steroid dienone is 3. The van der Waals surface area contributed by atoms with Gasteiger partial charge in [0.05, 0.1) is 0 Å². The van der Waals surface area contributed by atoms with Crippen LogP contribution in [0.25, 0.3) is 0 Å². The second-order valence-corrected chi connectivity index (χ2v) is 4.94. The molecule has 15 heavy (non-hydrogen) atoms. The maximum atomic E-state index is 4.00. The summed E-state index contributed by atoms with van der Waals surface area (Å²) >= 11 is 0. The fraction of sp³-hybridized carbons (Fsp3) is 0.733. The Balaban J connectivity index is 4.63. The normalized spacial score (nSPS) is 16.5. The van der Waals surface area contributed by atoms with Crippen molar-refractivity contribution in [1.82, 2.24) is 0 Å². The van der Waals surface area contributed by atoms with Gasteiger partial charge in [0.25, 0.3) is 0 Å². The Kier molecular flexibility index (Phi) is 6.63. The molecule has 0 spiro atoms. The van der Waals surface area contributed by atoms with Gasteiger partial charge < -0.3 is 0 Å². The molecule has 0 aliphatic heterocycles. The third-order valence-corrected chi connectivity index (χ3v) is 3.48. The van der Waals surface area contributed by atoms with Gasteiger partial charge in [-0.15, -0.1) is 6.58 Å². The van der Waals surface area contributed by atoms with Gasteiger partial charge in [-0.25, -0.2) is 0 Å². The topological polar surface area (TPSA) is 0 Å². The molecule has 0 N–H and O–H groups in total. The Morgan fingerprint density at radius 2 is 1.80 bits per heavy atom. The van der Waals surface area contributed by atoms with E-state index in [9.17, 15) is 0 Å². The first-order valence-corrected chi connectivity index (χ1v) is 6.33. The third kappa shape index (κ3) is 5.20. The highest BCUT2D eigenvalue weighted by molar-refractivity contribution is 5.12. The molecule has 0 radical (unpaired) electrons. The van der Waals surface area contributed by atoms with Gasteiger partial charge in [-0.3, -0.25) is 0 Å². The van der Waals surface area contributed by atoms with Crippen molar-refractivity contribution in [2.24, 2.45) is 11.3 Å². The van der Waals surface area contributed by atoms with Crippen LogP contribution in [-0.4, -0.2) is 0 Å². The monoisotopic (exact) mass is 208 g/mol. The third-order valence-electron chi connectivity index (χ3n) is 3.48. The number of hydrogen-bond donors (Lipinski definition) is 0. The van der Waals surface area contributed by atoms with Crippen molar-refractivity contribution in [3.8, 4) is 0 Å². The summed E-state index contributed by atoms with van der Waals surface area (Å²) in [5.41, 5.74) is 1.67. The molecule has 0 nitrogen and oxygen atoms in total. The Bertz CT molecular complexity index is 208. The Labute approximate surface area is 96.5 Å². The lowest BCUT2D eigenvalue weighted by Crippen LogP contribution is -2.15. The molecule has 0 bridgehead atoms. The maximum Gasteiger partial charge on any atom is 0.00352 e. The largest absolute Gasteiger partial charge is 0.102 e. The summed E-state index contributed by atoms with van der Waals surface area (Å²) < 4.78 is 0. The second kappa shape index (κ2) is 6.87. The average molecular weight is 208 g/mol. The van der Waals surface area contributed by atoms with E-state index in [2.05, 4.69) is 53.3 Å². The molecule has 0 aliphatic carbocycles. The predicted molar refractivity (Wildman–Crippen MR) is 71.0 cm³/mol. The van der Waals surface area contributed by atoms with Gasteiger partial charge in [-0.05, 0) is 25.7 Å². The quantitative estimate of drug-likeness (QED) is 0.494. The first-order valence-electron chi connectivity index (χ1n) is 6.33. The van der Waals surface area contributed by atoms with Crippen molar-refractivity contribution in [1.29, 1.82) is 0 Å². The molecular weight excluding hydrogens is 180 g/mol. The van der Waals surface area contributed by atoms with Crippen molar-refractivity contribution >= 4 is 0 Å². The molecule has 0 fully saturated rings. The van der Waals surface area contributed by atoms with E-state index in [1.165, 1.54) is 24.8 Å². The number of hydrogen-bond acceptors (Lipinski definition) is 0. The molecule has 0 amide bonds. The summed E-state index contributed by atoms with van der Waals surface area (Å²) in [4.78, 5) is 0. The van der Waals surface area contributed by atoms with Gasteiger partial charge in [0.1, 0.15) is 0 Å². The van der Waals surface area contributed by atoms with Gasteiger partial charge in [-0.2, -0.15) is 0 Å². The minimum Gasteiger partial charge on any atom is -0.102 e. The molecular formula is C15H28. The van der Waals surface area contributed by atoms with Crippen LogP contribution in [0.15, 0.2) is 24.3 Å². The summed E-state index contributed by atoms with van der Waals surface area (Å²) in [6, 6.07) is 0. The average Bonchev–Trinajstić information content (AvgIpc) is 2.25. The molecule has 0 aromatic rings. The van der Waals surface area contributed by atoms with Crippen LogP contribution in [0.4, 0.5) is 0 Å². The molecule has 0 heterocycles. The van der Waals surface area contributed by atoms with E-state index < -0.39 is 0 Å². The van der Waals surface area contributed by atoms with E-state index in [0.29, 0.717) is 0 Å². The summed E-state index contributed by atoms with van der Waals surface area (Å²) in [6.45, 7) is 15.3. The minimum atomic E-state index is 0.191. The van der Waals surface area contributed by atoms with Crippen molar-refractivity contribution in [3.63, 3.8) is 0 Å². The minimum absolute atomic E-state index is 0.191. The lowest BCUT2D eigenvalue weighted by molar-refractivity contribution is 0.347. The van der Waals surface area contributed by atoms with Crippen molar-refractivity contribution in [2.45, 2.75) is 60.3 Å². The molecule has 88 valence electrons. The van der Waals surface area contributed by atoms with Crippen molar-refractivity contribution < 1.29 is 0 Å². The molecule has 0 aromatic heterocycles. The molecule has 1 atom stereocenters. The molecule has 1 unspecified atom stereocenters. The van der Waals surface area contributed by atoms with Crippen molar-refractivity contribution in [2.75, 3.05) is 0 Å². The van der Waals surface area contributed by atoms with Gasteiger partial charge in [0.2, 0.25) is 0 Å². The lowest BCUT2D eigenvalue weighted by atomic mass is 9.78. The van der Waals surface area contributed by atoms with Gasteiger partial charge in [0.15, 0.2) is 0 Å². The Hall–Kier alpha value is -0.520. The van der Waals surface area contributed by atoms with Gasteiger partial charge in [-0.1, -0.05) is 58.3 Å². The van der Waals surface area contributed by atoms with Crippen LogP contribution >= 0.6 is 0 Å². The van der Waals surface area contributed by atoms with Crippen LogP contribution in [0.2, 0.25) is 0 Å². The first-order chi connectivity index (χ1) is 7.01. The standard InChI is InChI=1S/C15H28/c1-7-13(5)11-15(6,10-4)12-14(8-2)9-3/h10-11,14H,4,7-9,12H2,1-3,5-6H3. The van der Waals surface area contributed by atoms with E-state index in [1.807, 2.05) is 0 Å². The highest BCUT2D eigenvalue weighted by Crippen LogP contribution is 2.33. The van der Waals surface area contributed by atoms with Crippen molar-refractivity contribution in [3.05, 3.63) is 24.3 Å². The zero-order valence-corrected chi connectivity index (χ0v) is 11.3.